The van der Waals surface area contributed by atoms with Crippen LogP contribution in [-0.2, 0) is 19.9 Å². The third-order valence-corrected chi connectivity index (χ3v) is 9.78. The highest BCUT2D eigenvalue weighted by Gasteiger charge is 2.49. The first-order valence-corrected chi connectivity index (χ1v) is 11.6. The summed E-state index contributed by atoms with van der Waals surface area (Å²) in [6.45, 7) is 4.72. The SMILES string of the molecule is C[C@@H]1N(S(=O)(=O)c2ccc(Oc3ccncc3)cc2)CCS(=O)(=O)C1(C)C. The number of hydrogen-bond donors (Lipinski definition) is 0. The lowest BCUT2D eigenvalue weighted by molar-refractivity contribution is 0.280. The van der Waals surface area contributed by atoms with Gasteiger partial charge in [-0.15, -0.1) is 0 Å². The van der Waals surface area contributed by atoms with Gasteiger partial charge in [-0.25, -0.2) is 16.8 Å². The Morgan fingerprint density at radius 2 is 1.63 bits per heavy atom. The number of sulfone groups is 1. The molecule has 1 fully saturated rings. The number of aromatic nitrogens is 1. The van der Waals surface area contributed by atoms with E-state index >= 15 is 0 Å². The van der Waals surface area contributed by atoms with Gasteiger partial charge >= 0.3 is 0 Å². The van der Waals surface area contributed by atoms with Gasteiger partial charge in [0.1, 0.15) is 11.5 Å². The van der Waals surface area contributed by atoms with Gasteiger partial charge in [0, 0.05) is 25.0 Å². The third-order valence-electron chi connectivity index (χ3n) is 5.14. The molecule has 0 unspecified atom stereocenters. The largest absolute Gasteiger partial charge is 0.457 e. The second kappa shape index (κ2) is 6.88. The summed E-state index contributed by atoms with van der Waals surface area (Å²) in [7, 11) is -7.18. The van der Waals surface area contributed by atoms with E-state index in [1.807, 2.05) is 0 Å². The first kappa shape index (κ1) is 19.8. The molecule has 1 aromatic carbocycles. The fraction of sp³-hybridized carbons (Fsp3) is 0.389. The topological polar surface area (TPSA) is 93.6 Å². The van der Waals surface area contributed by atoms with E-state index in [1.165, 1.54) is 16.4 Å². The van der Waals surface area contributed by atoms with Crippen LogP contribution in [0.4, 0.5) is 0 Å². The number of benzene rings is 1. The first-order valence-electron chi connectivity index (χ1n) is 8.48. The second-order valence-corrected chi connectivity index (χ2v) is 11.6. The molecule has 1 aliphatic rings. The Morgan fingerprint density at radius 3 is 2.22 bits per heavy atom. The maximum absolute atomic E-state index is 13.0. The Labute approximate surface area is 160 Å². The predicted molar refractivity (Wildman–Crippen MR) is 102 cm³/mol. The number of rotatable bonds is 4. The summed E-state index contributed by atoms with van der Waals surface area (Å²) in [5.74, 6) is 0.902. The highest BCUT2D eigenvalue weighted by Crippen LogP contribution is 2.34. The summed E-state index contributed by atoms with van der Waals surface area (Å²) in [5.41, 5.74) is 0. The van der Waals surface area contributed by atoms with Crippen LogP contribution in [0, 0.1) is 0 Å². The van der Waals surface area contributed by atoms with E-state index in [9.17, 15) is 16.8 Å². The molecule has 3 rings (SSSR count). The molecule has 146 valence electrons. The van der Waals surface area contributed by atoms with E-state index in [-0.39, 0.29) is 17.2 Å². The van der Waals surface area contributed by atoms with Crippen molar-refractivity contribution in [1.82, 2.24) is 9.29 Å². The molecule has 27 heavy (non-hydrogen) atoms. The van der Waals surface area contributed by atoms with Gasteiger partial charge in [-0.2, -0.15) is 4.31 Å². The average Bonchev–Trinajstić information content (AvgIpc) is 2.61. The van der Waals surface area contributed by atoms with Crippen LogP contribution in [0.2, 0.25) is 0 Å². The second-order valence-electron chi connectivity index (χ2n) is 6.97. The number of sulfonamides is 1. The summed E-state index contributed by atoms with van der Waals surface area (Å²) >= 11 is 0. The molecule has 7 nitrogen and oxygen atoms in total. The van der Waals surface area contributed by atoms with Crippen LogP contribution in [0.3, 0.4) is 0 Å². The Balaban J connectivity index is 1.85. The van der Waals surface area contributed by atoms with Crippen molar-refractivity contribution in [3.63, 3.8) is 0 Å². The van der Waals surface area contributed by atoms with Crippen molar-refractivity contribution in [2.75, 3.05) is 12.3 Å². The molecule has 2 heterocycles. The fourth-order valence-electron chi connectivity index (χ4n) is 2.96. The van der Waals surface area contributed by atoms with Crippen molar-refractivity contribution in [3.05, 3.63) is 48.8 Å². The summed E-state index contributed by atoms with van der Waals surface area (Å²) in [5, 5.41) is 0. The first-order chi connectivity index (χ1) is 12.6. The van der Waals surface area contributed by atoms with Gasteiger partial charge in [0.2, 0.25) is 10.0 Å². The molecule has 0 bridgehead atoms. The average molecular weight is 411 g/mol. The Hall–Kier alpha value is -1.97. The highest BCUT2D eigenvalue weighted by molar-refractivity contribution is 7.93. The number of pyridine rings is 1. The van der Waals surface area contributed by atoms with Gasteiger partial charge in [-0.1, -0.05) is 0 Å². The van der Waals surface area contributed by atoms with E-state index in [1.54, 1.807) is 57.4 Å². The van der Waals surface area contributed by atoms with Crippen molar-refractivity contribution in [2.24, 2.45) is 0 Å². The number of nitrogens with zero attached hydrogens (tertiary/aromatic N) is 2. The van der Waals surface area contributed by atoms with E-state index in [4.69, 9.17) is 4.74 Å². The molecule has 0 aliphatic carbocycles. The van der Waals surface area contributed by atoms with Crippen molar-refractivity contribution in [3.8, 4) is 11.5 Å². The van der Waals surface area contributed by atoms with Gasteiger partial charge in [-0.3, -0.25) is 4.98 Å². The van der Waals surface area contributed by atoms with Crippen molar-refractivity contribution >= 4 is 19.9 Å². The van der Waals surface area contributed by atoms with Gasteiger partial charge < -0.3 is 4.74 Å². The van der Waals surface area contributed by atoms with Gasteiger partial charge in [0.15, 0.2) is 9.84 Å². The van der Waals surface area contributed by atoms with Crippen LogP contribution < -0.4 is 4.74 Å². The van der Waals surface area contributed by atoms with Crippen LogP contribution in [0.5, 0.6) is 11.5 Å². The van der Waals surface area contributed by atoms with Crippen molar-refractivity contribution < 1.29 is 21.6 Å². The molecular formula is C18H22N2O5S2. The number of ether oxygens (including phenoxy) is 1. The molecule has 1 aliphatic heterocycles. The summed E-state index contributed by atoms with van der Waals surface area (Å²) in [6, 6.07) is 8.80. The van der Waals surface area contributed by atoms with E-state index in [2.05, 4.69) is 4.98 Å². The summed E-state index contributed by atoms with van der Waals surface area (Å²) in [4.78, 5) is 4.01. The molecule has 0 amide bonds. The predicted octanol–water partition coefficient (Wildman–Crippen LogP) is 2.46. The minimum absolute atomic E-state index is 0.0511. The van der Waals surface area contributed by atoms with Crippen LogP contribution in [0.25, 0.3) is 0 Å². The zero-order valence-corrected chi connectivity index (χ0v) is 17.0. The molecule has 0 N–H and O–H groups in total. The zero-order valence-electron chi connectivity index (χ0n) is 15.4. The molecule has 1 saturated heterocycles. The lowest BCUT2D eigenvalue weighted by Crippen LogP contribution is -2.60. The molecule has 0 spiro atoms. The van der Waals surface area contributed by atoms with Gasteiger partial charge in [0.25, 0.3) is 0 Å². The lowest BCUT2D eigenvalue weighted by Gasteiger charge is -2.43. The van der Waals surface area contributed by atoms with Crippen LogP contribution in [0.15, 0.2) is 53.7 Å². The van der Waals surface area contributed by atoms with E-state index < -0.39 is 30.6 Å². The van der Waals surface area contributed by atoms with Crippen LogP contribution in [0.1, 0.15) is 20.8 Å². The Bertz CT molecular complexity index is 1020. The molecule has 1 atom stereocenters. The number of hydrogen-bond acceptors (Lipinski definition) is 6. The summed E-state index contributed by atoms with van der Waals surface area (Å²) in [6.07, 6.45) is 3.20. The molecule has 0 radical (unpaired) electrons. The molecular weight excluding hydrogens is 388 g/mol. The van der Waals surface area contributed by atoms with Crippen molar-refractivity contribution in [1.29, 1.82) is 0 Å². The summed E-state index contributed by atoms with van der Waals surface area (Å²) < 4.78 is 56.5. The minimum atomic E-state index is -3.82. The molecule has 2 aromatic rings. The normalized spacial score (nSPS) is 22.3. The molecule has 0 saturated carbocycles. The maximum atomic E-state index is 13.0. The molecule has 9 heteroatoms. The van der Waals surface area contributed by atoms with Crippen LogP contribution in [-0.4, -0.2) is 49.2 Å². The van der Waals surface area contributed by atoms with E-state index in [0.717, 1.165) is 0 Å². The fourth-order valence-corrected chi connectivity index (χ4v) is 6.51. The van der Waals surface area contributed by atoms with Gasteiger partial charge in [0.05, 0.1) is 15.4 Å². The smallest absolute Gasteiger partial charge is 0.243 e. The zero-order chi connectivity index (χ0) is 19.9. The quantitative estimate of drug-likeness (QED) is 0.769. The minimum Gasteiger partial charge on any atom is -0.457 e. The standard InChI is InChI=1S/C18H22N2O5S2/c1-14-18(2,3)26(21,22)13-12-20(14)27(23,24)17-6-4-15(5-7-17)25-16-8-10-19-11-9-16/h4-11,14H,12-13H2,1-3H3/t14-/m0/s1. The van der Waals surface area contributed by atoms with Crippen molar-refractivity contribution in [2.45, 2.75) is 36.5 Å². The van der Waals surface area contributed by atoms with Crippen LogP contribution >= 0.6 is 0 Å². The molecule has 1 aromatic heterocycles. The Kier molecular flexibility index (Phi) is 5.04. The Morgan fingerprint density at radius 1 is 1.07 bits per heavy atom. The third kappa shape index (κ3) is 3.59. The lowest BCUT2D eigenvalue weighted by atomic mass is 10.1. The monoisotopic (exact) mass is 410 g/mol. The van der Waals surface area contributed by atoms with E-state index in [0.29, 0.717) is 11.5 Å². The van der Waals surface area contributed by atoms with Gasteiger partial charge in [-0.05, 0) is 57.2 Å². The highest BCUT2D eigenvalue weighted by atomic mass is 32.2. The maximum Gasteiger partial charge on any atom is 0.243 e.